The van der Waals surface area contributed by atoms with Crippen LogP contribution in [0.5, 0.6) is 5.88 Å². The van der Waals surface area contributed by atoms with Gasteiger partial charge in [-0.2, -0.15) is 0 Å². The molecule has 1 aromatic carbocycles. The van der Waals surface area contributed by atoms with Crippen molar-refractivity contribution in [2.75, 3.05) is 6.54 Å². The van der Waals surface area contributed by atoms with Gasteiger partial charge in [-0.3, -0.25) is 0 Å². The molecule has 0 atom stereocenters. The van der Waals surface area contributed by atoms with E-state index in [2.05, 4.69) is 20.6 Å². The summed E-state index contributed by atoms with van der Waals surface area (Å²) >= 11 is 0. The Morgan fingerprint density at radius 1 is 1.20 bits per heavy atom. The molecule has 0 aliphatic heterocycles. The van der Waals surface area contributed by atoms with Gasteiger partial charge >= 0.3 is 0 Å². The van der Waals surface area contributed by atoms with Crippen LogP contribution in [-0.2, 0) is 13.1 Å². The summed E-state index contributed by atoms with van der Waals surface area (Å²) < 4.78 is 18.8. The average molecular weight is 344 g/mol. The molecular weight excluding hydrogens is 319 g/mol. The van der Waals surface area contributed by atoms with Crippen LogP contribution in [0.15, 0.2) is 47.6 Å². The van der Waals surface area contributed by atoms with Gasteiger partial charge in [-0.25, -0.2) is 14.4 Å². The van der Waals surface area contributed by atoms with Gasteiger partial charge in [-0.05, 0) is 44.0 Å². The average Bonchev–Trinajstić information content (AvgIpc) is 2.58. The molecule has 0 fully saturated rings. The van der Waals surface area contributed by atoms with Crippen molar-refractivity contribution >= 4 is 5.96 Å². The first-order valence-electron chi connectivity index (χ1n) is 8.45. The smallest absolute Gasteiger partial charge is 0.213 e. The second-order valence-corrected chi connectivity index (χ2v) is 5.85. The molecule has 0 amide bonds. The zero-order valence-corrected chi connectivity index (χ0v) is 14.9. The quantitative estimate of drug-likeness (QED) is 0.598. The molecule has 0 aliphatic rings. The van der Waals surface area contributed by atoms with Crippen LogP contribution < -0.4 is 15.4 Å². The normalized spacial score (nSPS) is 11.5. The van der Waals surface area contributed by atoms with E-state index in [1.807, 2.05) is 39.0 Å². The SMILES string of the molecule is CCNC(=NCc1ccc(OC(C)C)nc1)NCc1cccc(F)c1. The van der Waals surface area contributed by atoms with E-state index in [0.29, 0.717) is 24.9 Å². The van der Waals surface area contributed by atoms with Gasteiger partial charge in [-0.15, -0.1) is 0 Å². The Labute approximate surface area is 148 Å². The Morgan fingerprint density at radius 2 is 2.04 bits per heavy atom. The number of benzene rings is 1. The number of hydrogen-bond acceptors (Lipinski definition) is 3. The lowest BCUT2D eigenvalue weighted by atomic mass is 10.2. The number of halogens is 1. The van der Waals surface area contributed by atoms with E-state index in [4.69, 9.17) is 4.74 Å². The van der Waals surface area contributed by atoms with Crippen molar-refractivity contribution < 1.29 is 9.13 Å². The Kier molecular flexibility index (Phi) is 7.19. The molecule has 0 saturated heterocycles. The minimum atomic E-state index is -0.240. The molecule has 5 nitrogen and oxygen atoms in total. The standard InChI is InChI=1S/C19H25FN4O/c1-4-21-19(23-11-15-6-5-7-17(20)10-15)24-13-16-8-9-18(22-12-16)25-14(2)3/h5-10,12,14H,4,11,13H2,1-3H3,(H2,21,23,24). The minimum absolute atomic E-state index is 0.101. The van der Waals surface area contributed by atoms with Crippen molar-refractivity contribution in [1.29, 1.82) is 0 Å². The highest BCUT2D eigenvalue weighted by molar-refractivity contribution is 5.79. The van der Waals surface area contributed by atoms with Crippen LogP contribution in [0.2, 0.25) is 0 Å². The number of hydrogen-bond donors (Lipinski definition) is 2. The first-order chi connectivity index (χ1) is 12.1. The van der Waals surface area contributed by atoms with E-state index in [0.717, 1.165) is 17.7 Å². The summed E-state index contributed by atoms with van der Waals surface area (Å²) in [5.41, 5.74) is 1.85. The Balaban J connectivity index is 1.94. The molecule has 0 saturated carbocycles. The molecule has 0 unspecified atom stereocenters. The van der Waals surface area contributed by atoms with E-state index >= 15 is 0 Å². The lowest BCUT2D eigenvalue weighted by molar-refractivity contribution is 0.232. The van der Waals surface area contributed by atoms with Gasteiger partial charge in [0.2, 0.25) is 5.88 Å². The van der Waals surface area contributed by atoms with Crippen LogP contribution in [0.4, 0.5) is 4.39 Å². The number of nitrogens with one attached hydrogen (secondary N) is 2. The Bertz CT molecular complexity index is 686. The third-order valence-corrected chi connectivity index (χ3v) is 3.27. The third-order valence-electron chi connectivity index (χ3n) is 3.27. The molecule has 1 heterocycles. The molecule has 2 rings (SSSR count). The lowest BCUT2D eigenvalue weighted by Gasteiger charge is -2.12. The minimum Gasteiger partial charge on any atom is -0.475 e. The molecule has 2 N–H and O–H groups in total. The highest BCUT2D eigenvalue weighted by Crippen LogP contribution is 2.10. The Hall–Kier alpha value is -2.63. The zero-order valence-electron chi connectivity index (χ0n) is 14.9. The van der Waals surface area contributed by atoms with Gasteiger partial charge in [0.05, 0.1) is 12.6 Å². The number of guanidine groups is 1. The summed E-state index contributed by atoms with van der Waals surface area (Å²) in [7, 11) is 0. The molecular formula is C19H25FN4O. The highest BCUT2D eigenvalue weighted by Gasteiger charge is 2.02. The van der Waals surface area contributed by atoms with E-state index in [1.54, 1.807) is 12.3 Å². The fraction of sp³-hybridized carbons (Fsp3) is 0.368. The van der Waals surface area contributed by atoms with Crippen LogP contribution in [0.3, 0.4) is 0 Å². The predicted molar refractivity (Wildman–Crippen MR) is 98.1 cm³/mol. The largest absolute Gasteiger partial charge is 0.475 e. The monoisotopic (exact) mass is 344 g/mol. The van der Waals surface area contributed by atoms with Crippen LogP contribution in [0.25, 0.3) is 0 Å². The number of aromatic nitrogens is 1. The number of pyridine rings is 1. The molecule has 0 bridgehead atoms. The summed E-state index contributed by atoms with van der Waals surface area (Å²) in [4.78, 5) is 8.80. The lowest BCUT2D eigenvalue weighted by Crippen LogP contribution is -2.36. The second kappa shape index (κ2) is 9.61. The fourth-order valence-corrected chi connectivity index (χ4v) is 2.16. The maximum atomic E-state index is 13.2. The second-order valence-electron chi connectivity index (χ2n) is 5.85. The number of ether oxygens (including phenoxy) is 1. The van der Waals surface area contributed by atoms with Gasteiger partial charge < -0.3 is 15.4 Å². The van der Waals surface area contributed by atoms with E-state index < -0.39 is 0 Å². The first-order valence-corrected chi connectivity index (χ1v) is 8.45. The molecule has 134 valence electrons. The molecule has 1 aromatic heterocycles. The molecule has 6 heteroatoms. The third kappa shape index (κ3) is 6.79. The molecule has 0 radical (unpaired) electrons. The Morgan fingerprint density at radius 3 is 2.68 bits per heavy atom. The highest BCUT2D eigenvalue weighted by atomic mass is 19.1. The summed E-state index contributed by atoms with van der Waals surface area (Å²) in [6, 6.07) is 10.3. The van der Waals surface area contributed by atoms with Crippen LogP contribution in [0, 0.1) is 5.82 Å². The van der Waals surface area contributed by atoms with E-state index in [1.165, 1.54) is 12.1 Å². The van der Waals surface area contributed by atoms with Gasteiger partial charge in [0.1, 0.15) is 5.82 Å². The summed E-state index contributed by atoms with van der Waals surface area (Å²) in [6.45, 7) is 7.67. The van der Waals surface area contributed by atoms with Crippen LogP contribution >= 0.6 is 0 Å². The summed E-state index contributed by atoms with van der Waals surface area (Å²) in [6.07, 6.45) is 1.86. The van der Waals surface area contributed by atoms with Gasteiger partial charge in [0, 0.05) is 25.4 Å². The maximum Gasteiger partial charge on any atom is 0.213 e. The van der Waals surface area contributed by atoms with Crippen molar-refractivity contribution in [1.82, 2.24) is 15.6 Å². The van der Waals surface area contributed by atoms with Crippen LogP contribution in [-0.4, -0.2) is 23.6 Å². The van der Waals surface area contributed by atoms with Crippen molar-refractivity contribution in [3.63, 3.8) is 0 Å². The maximum absolute atomic E-state index is 13.2. The molecule has 0 spiro atoms. The van der Waals surface area contributed by atoms with Gasteiger partial charge in [0.15, 0.2) is 5.96 Å². The first kappa shape index (κ1) is 18.7. The molecule has 0 aliphatic carbocycles. The number of nitrogens with zero attached hydrogens (tertiary/aromatic N) is 2. The van der Waals surface area contributed by atoms with Crippen molar-refractivity contribution in [3.8, 4) is 5.88 Å². The van der Waals surface area contributed by atoms with Crippen molar-refractivity contribution in [3.05, 3.63) is 59.5 Å². The number of rotatable bonds is 7. The topological polar surface area (TPSA) is 58.5 Å². The van der Waals surface area contributed by atoms with Crippen molar-refractivity contribution in [2.24, 2.45) is 4.99 Å². The molecule has 25 heavy (non-hydrogen) atoms. The summed E-state index contributed by atoms with van der Waals surface area (Å²) in [5.74, 6) is 1.05. The van der Waals surface area contributed by atoms with Crippen molar-refractivity contribution in [2.45, 2.75) is 40.0 Å². The van der Waals surface area contributed by atoms with Crippen LogP contribution in [0.1, 0.15) is 31.9 Å². The van der Waals surface area contributed by atoms with E-state index in [-0.39, 0.29) is 11.9 Å². The zero-order chi connectivity index (χ0) is 18.1. The molecule has 2 aromatic rings. The predicted octanol–water partition coefficient (Wildman–Crippen LogP) is 3.26. The fourth-order valence-electron chi connectivity index (χ4n) is 2.16. The van der Waals surface area contributed by atoms with Gasteiger partial charge in [0.25, 0.3) is 0 Å². The van der Waals surface area contributed by atoms with Gasteiger partial charge in [-0.1, -0.05) is 18.2 Å². The summed E-state index contributed by atoms with van der Waals surface area (Å²) in [5, 5.41) is 6.37. The van der Waals surface area contributed by atoms with E-state index in [9.17, 15) is 4.39 Å². The number of aliphatic imine (C=N–C) groups is 1.